The molecule has 1 aliphatic heterocycles. The van der Waals surface area contributed by atoms with E-state index >= 15 is 0 Å². The first-order valence-corrected chi connectivity index (χ1v) is 10.9. The van der Waals surface area contributed by atoms with Gasteiger partial charge in [0.05, 0.1) is 17.9 Å². The van der Waals surface area contributed by atoms with E-state index in [1.807, 2.05) is 18.2 Å². The summed E-state index contributed by atoms with van der Waals surface area (Å²) in [5.41, 5.74) is 2.61. The zero-order valence-electron chi connectivity index (χ0n) is 17.9. The van der Waals surface area contributed by atoms with Crippen LogP contribution in [-0.4, -0.2) is 40.4 Å². The Kier molecular flexibility index (Phi) is 7.35. The summed E-state index contributed by atoms with van der Waals surface area (Å²) in [5, 5.41) is 3.12. The van der Waals surface area contributed by atoms with E-state index in [4.69, 9.17) is 0 Å². The minimum atomic E-state index is -0.455. The molecule has 164 valence electrons. The molecule has 32 heavy (non-hydrogen) atoms. The van der Waals surface area contributed by atoms with Gasteiger partial charge in [-0.15, -0.1) is 0 Å². The smallest absolute Gasteiger partial charge is 0.224 e. The summed E-state index contributed by atoms with van der Waals surface area (Å²) < 4.78 is 13.4. The normalized spacial score (nSPS) is 16.2. The number of hydrogen-bond donors (Lipinski definition) is 1. The Labute approximate surface area is 188 Å². The fraction of sp³-hybridized carbons (Fsp3) is 0.269. The van der Waals surface area contributed by atoms with Crippen molar-refractivity contribution in [1.82, 2.24) is 20.2 Å². The second-order valence-corrected chi connectivity index (χ2v) is 8.01. The summed E-state index contributed by atoms with van der Waals surface area (Å²) >= 11 is 0. The predicted octanol–water partition coefficient (Wildman–Crippen LogP) is 4.25. The Morgan fingerprint density at radius 3 is 2.53 bits per heavy atom. The number of nitrogens with one attached hydrogen (secondary N) is 1. The first kappa shape index (κ1) is 21.8. The molecule has 0 saturated carbocycles. The zero-order valence-corrected chi connectivity index (χ0v) is 17.9. The van der Waals surface area contributed by atoms with E-state index in [0.717, 1.165) is 38.0 Å². The highest BCUT2D eigenvalue weighted by atomic mass is 19.1. The molecule has 5 nitrogen and oxygen atoms in total. The number of carbonyl (C=O) groups excluding carboxylic acids is 1. The van der Waals surface area contributed by atoms with Crippen molar-refractivity contribution in [2.75, 3.05) is 19.6 Å². The van der Waals surface area contributed by atoms with Gasteiger partial charge in [-0.05, 0) is 49.2 Å². The third-order valence-electron chi connectivity index (χ3n) is 5.80. The average Bonchev–Trinajstić information content (AvgIpc) is 2.85. The molecule has 1 atom stereocenters. The fourth-order valence-electron chi connectivity index (χ4n) is 3.98. The lowest BCUT2D eigenvalue weighted by atomic mass is 9.94. The summed E-state index contributed by atoms with van der Waals surface area (Å²) in [4.78, 5) is 23.9. The number of amides is 1. The minimum Gasteiger partial charge on any atom is -0.343 e. The second kappa shape index (κ2) is 10.8. The van der Waals surface area contributed by atoms with Crippen LogP contribution >= 0.6 is 0 Å². The lowest BCUT2D eigenvalue weighted by Crippen LogP contribution is -2.42. The number of piperidine rings is 1. The molecule has 3 aromatic rings. The van der Waals surface area contributed by atoms with Crippen molar-refractivity contribution in [3.05, 3.63) is 102 Å². The van der Waals surface area contributed by atoms with Crippen LogP contribution in [0.15, 0.2) is 79.3 Å². The Hall–Kier alpha value is -3.38. The minimum absolute atomic E-state index is 0.00413. The molecule has 0 spiro atoms. The summed E-state index contributed by atoms with van der Waals surface area (Å²) in [5.74, 6) is -0.361. The number of rotatable bonds is 7. The first-order chi connectivity index (χ1) is 15.7. The number of hydrogen-bond acceptors (Lipinski definition) is 4. The van der Waals surface area contributed by atoms with Gasteiger partial charge in [-0.25, -0.2) is 4.39 Å². The van der Waals surface area contributed by atoms with Crippen molar-refractivity contribution in [2.24, 2.45) is 5.92 Å². The highest BCUT2D eigenvalue weighted by molar-refractivity contribution is 5.79. The maximum Gasteiger partial charge on any atom is 0.224 e. The molecule has 1 aromatic heterocycles. The summed E-state index contributed by atoms with van der Waals surface area (Å²) in [6, 6.07) is 15.9. The Balaban J connectivity index is 1.34. The van der Waals surface area contributed by atoms with Crippen LogP contribution in [0.1, 0.15) is 35.7 Å². The van der Waals surface area contributed by atoms with Gasteiger partial charge in [0.2, 0.25) is 5.91 Å². The molecule has 1 fully saturated rings. The molecule has 6 heteroatoms. The average molecular weight is 431 g/mol. The van der Waals surface area contributed by atoms with Gasteiger partial charge in [0.15, 0.2) is 0 Å². The van der Waals surface area contributed by atoms with E-state index in [0.29, 0.717) is 5.69 Å². The van der Waals surface area contributed by atoms with Crippen molar-refractivity contribution < 1.29 is 9.18 Å². The highest BCUT2D eigenvalue weighted by Gasteiger charge is 2.27. The van der Waals surface area contributed by atoms with E-state index in [9.17, 15) is 9.18 Å². The molecular formula is C26H27FN4O. The monoisotopic (exact) mass is 430 g/mol. The Morgan fingerprint density at radius 2 is 1.84 bits per heavy atom. The van der Waals surface area contributed by atoms with Gasteiger partial charge in [-0.3, -0.25) is 19.7 Å². The molecule has 1 saturated heterocycles. The number of aromatic nitrogens is 2. The van der Waals surface area contributed by atoms with Gasteiger partial charge in [0.25, 0.3) is 0 Å². The van der Waals surface area contributed by atoms with Crippen molar-refractivity contribution in [3.63, 3.8) is 0 Å². The molecule has 1 aliphatic rings. The molecule has 2 aromatic carbocycles. The molecule has 0 bridgehead atoms. The van der Waals surface area contributed by atoms with Crippen LogP contribution in [0.4, 0.5) is 4.39 Å². The van der Waals surface area contributed by atoms with Gasteiger partial charge in [-0.1, -0.05) is 54.6 Å². The maximum absolute atomic E-state index is 13.4. The van der Waals surface area contributed by atoms with Crippen LogP contribution in [-0.2, 0) is 4.79 Å². The lowest BCUT2D eigenvalue weighted by Gasteiger charge is -2.31. The van der Waals surface area contributed by atoms with Gasteiger partial charge >= 0.3 is 0 Å². The van der Waals surface area contributed by atoms with Gasteiger partial charge in [0.1, 0.15) is 5.82 Å². The van der Waals surface area contributed by atoms with E-state index in [1.165, 1.54) is 17.7 Å². The molecular weight excluding hydrogens is 403 g/mol. The number of nitrogens with zero attached hydrogens (tertiary/aromatic N) is 3. The number of halogens is 1. The molecule has 1 unspecified atom stereocenters. The Morgan fingerprint density at radius 1 is 1.09 bits per heavy atom. The standard InChI is InChI=1S/C26H27FN4O/c27-23-10-8-21(9-11-23)25(24-19-28-14-15-29-24)30-26(32)22-12-17-31(18-13-22)16-4-7-20-5-2-1-3-6-20/h1-11,14-15,19,22,25H,12-13,16-18H2,(H,30,32)/b7-4+. The van der Waals surface area contributed by atoms with E-state index in [-0.39, 0.29) is 17.6 Å². The van der Waals surface area contributed by atoms with Crippen molar-refractivity contribution >= 4 is 12.0 Å². The predicted molar refractivity (Wildman–Crippen MR) is 123 cm³/mol. The first-order valence-electron chi connectivity index (χ1n) is 10.9. The summed E-state index contributed by atoms with van der Waals surface area (Å²) in [7, 11) is 0. The van der Waals surface area contributed by atoms with Crippen molar-refractivity contribution in [1.29, 1.82) is 0 Å². The highest BCUT2D eigenvalue weighted by Crippen LogP contribution is 2.23. The quantitative estimate of drug-likeness (QED) is 0.609. The number of benzene rings is 2. The number of likely N-dealkylation sites (tertiary alicyclic amines) is 1. The van der Waals surface area contributed by atoms with Gasteiger partial charge in [0, 0.05) is 24.9 Å². The topological polar surface area (TPSA) is 58.1 Å². The third kappa shape index (κ3) is 5.86. The van der Waals surface area contributed by atoms with Crippen LogP contribution in [0.25, 0.3) is 6.08 Å². The molecule has 2 heterocycles. The summed E-state index contributed by atoms with van der Waals surface area (Å²) in [6.07, 6.45) is 10.7. The summed E-state index contributed by atoms with van der Waals surface area (Å²) in [6.45, 7) is 2.63. The van der Waals surface area contributed by atoms with Crippen LogP contribution in [0.5, 0.6) is 0 Å². The van der Waals surface area contributed by atoms with E-state index < -0.39 is 6.04 Å². The second-order valence-electron chi connectivity index (χ2n) is 8.01. The maximum atomic E-state index is 13.4. The SMILES string of the molecule is O=C(NC(c1ccc(F)cc1)c1cnccn1)C1CCN(C/C=C/c2ccccc2)CC1. The van der Waals surface area contributed by atoms with Crippen LogP contribution < -0.4 is 5.32 Å². The van der Waals surface area contributed by atoms with E-state index in [2.05, 4.69) is 44.5 Å². The van der Waals surface area contributed by atoms with Crippen LogP contribution in [0, 0.1) is 11.7 Å². The zero-order chi connectivity index (χ0) is 22.2. The molecule has 1 N–H and O–H groups in total. The Bertz CT molecular complexity index is 1020. The van der Waals surface area contributed by atoms with Crippen molar-refractivity contribution in [2.45, 2.75) is 18.9 Å². The molecule has 4 rings (SSSR count). The molecule has 1 amide bonds. The van der Waals surface area contributed by atoms with Gasteiger partial charge in [-0.2, -0.15) is 0 Å². The van der Waals surface area contributed by atoms with E-state index in [1.54, 1.807) is 30.7 Å². The lowest BCUT2D eigenvalue weighted by molar-refractivity contribution is -0.126. The van der Waals surface area contributed by atoms with Gasteiger partial charge < -0.3 is 5.32 Å². The molecule has 0 aliphatic carbocycles. The largest absolute Gasteiger partial charge is 0.343 e. The fourth-order valence-corrected chi connectivity index (χ4v) is 3.98. The molecule has 0 radical (unpaired) electrons. The van der Waals surface area contributed by atoms with Crippen LogP contribution in [0.3, 0.4) is 0 Å². The van der Waals surface area contributed by atoms with Crippen LogP contribution in [0.2, 0.25) is 0 Å². The third-order valence-corrected chi connectivity index (χ3v) is 5.80. The van der Waals surface area contributed by atoms with Crippen molar-refractivity contribution in [3.8, 4) is 0 Å². The number of carbonyl (C=O) groups is 1.